The van der Waals surface area contributed by atoms with Crippen molar-refractivity contribution >= 4 is 10.0 Å². The predicted molar refractivity (Wildman–Crippen MR) is 102 cm³/mol. The fourth-order valence-electron chi connectivity index (χ4n) is 4.59. The minimum absolute atomic E-state index is 0.148. The molecule has 1 saturated heterocycles. The summed E-state index contributed by atoms with van der Waals surface area (Å²) in [6.45, 7) is 10.7. The van der Waals surface area contributed by atoms with Crippen molar-refractivity contribution in [1.82, 2.24) is 14.4 Å². The fourth-order valence-corrected chi connectivity index (χ4v) is 6.61. The van der Waals surface area contributed by atoms with Gasteiger partial charge in [-0.05, 0) is 74.6 Å². The summed E-state index contributed by atoms with van der Waals surface area (Å²) in [4.78, 5) is 4.87. The SMILES string of the molecule is Cc1nc(C2CC23CCN(S(=O)(=O)c2c(C)c(C)cc(C)c2C)CC3)no1. The Bertz CT molecular complexity index is 975. The molecule has 2 fully saturated rings. The van der Waals surface area contributed by atoms with E-state index in [4.69, 9.17) is 4.52 Å². The number of rotatable bonds is 3. The highest BCUT2D eigenvalue weighted by molar-refractivity contribution is 7.89. The molecule has 2 heterocycles. The van der Waals surface area contributed by atoms with Crippen molar-refractivity contribution in [2.75, 3.05) is 13.1 Å². The Labute approximate surface area is 161 Å². The molecule has 0 bridgehead atoms. The molecule has 0 N–H and O–H groups in total. The maximum atomic E-state index is 13.4. The van der Waals surface area contributed by atoms with E-state index in [2.05, 4.69) is 16.2 Å². The number of benzene rings is 1. The zero-order valence-electron chi connectivity index (χ0n) is 16.7. The van der Waals surface area contributed by atoms with Crippen LogP contribution in [0.25, 0.3) is 0 Å². The minimum Gasteiger partial charge on any atom is -0.340 e. The van der Waals surface area contributed by atoms with Crippen molar-refractivity contribution < 1.29 is 12.9 Å². The molecule has 2 aromatic rings. The molecule has 6 nitrogen and oxygen atoms in total. The molecule has 1 aromatic heterocycles. The van der Waals surface area contributed by atoms with Crippen molar-refractivity contribution in [1.29, 1.82) is 0 Å². The minimum atomic E-state index is -3.49. The summed E-state index contributed by atoms with van der Waals surface area (Å²) < 4.78 is 33.6. The van der Waals surface area contributed by atoms with Gasteiger partial charge in [-0.15, -0.1) is 0 Å². The maximum Gasteiger partial charge on any atom is 0.243 e. The Hall–Kier alpha value is -1.73. The number of hydrogen-bond acceptors (Lipinski definition) is 5. The van der Waals surface area contributed by atoms with Crippen molar-refractivity contribution in [2.24, 2.45) is 5.41 Å². The lowest BCUT2D eigenvalue weighted by atomic mass is 9.92. The van der Waals surface area contributed by atoms with Gasteiger partial charge in [0.25, 0.3) is 0 Å². The van der Waals surface area contributed by atoms with E-state index in [1.807, 2.05) is 27.7 Å². The summed E-state index contributed by atoms with van der Waals surface area (Å²) in [7, 11) is -3.49. The number of hydrogen-bond donors (Lipinski definition) is 0. The first-order valence-corrected chi connectivity index (χ1v) is 11.0. The molecule has 0 amide bonds. The van der Waals surface area contributed by atoms with Crippen molar-refractivity contribution in [3.05, 3.63) is 40.0 Å². The fraction of sp³-hybridized carbons (Fsp3) is 0.600. The highest BCUT2D eigenvalue weighted by Gasteiger charge is 2.58. The second-order valence-electron chi connectivity index (χ2n) is 8.28. The van der Waals surface area contributed by atoms with Crippen molar-refractivity contribution in [3.8, 4) is 0 Å². The van der Waals surface area contributed by atoms with E-state index < -0.39 is 10.0 Å². The van der Waals surface area contributed by atoms with Crippen molar-refractivity contribution in [2.45, 2.75) is 64.7 Å². The van der Waals surface area contributed by atoms with Gasteiger partial charge in [0.1, 0.15) is 0 Å². The van der Waals surface area contributed by atoms with Gasteiger partial charge in [-0.1, -0.05) is 11.2 Å². The molecule has 1 aromatic carbocycles. The molecule has 1 saturated carbocycles. The molecule has 4 rings (SSSR count). The van der Waals surface area contributed by atoms with Gasteiger partial charge in [-0.3, -0.25) is 0 Å². The molecule has 1 aliphatic heterocycles. The van der Waals surface area contributed by atoms with Gasteiger partial charge in [0.2, 0.25) is 15.9 Å². The van der Waals surface area contributed by atoms with E-state index in [0.29, 0.717) is 29.8 Å². The first-order chi connectivity index (χ1) is 12.7. The standard InChI is InChI=1S/C20H27N3O3S/c1-12-10-13(2)15(4)18(14(12)3)27(24,25)23-8-6-20(7-9-23)11-17(20)19-21-16(5)26-22-19/h10,17H,6-9,11H2,1-5H3. The number of piperidine rings is 1. The second-order valence-corrected chi connectivity index (χ2v) is 10.2. The zero-order valence-corrected chi connectivity index (χ0v) is 17.5. The summed E-state index contributed by atoms with van der Waals surface area (Å²) in [6, 6.07) is 2.07. The lowest BCUT2D eigenvalue weighted by Gasteiger charge is -2.33. The van der Waals surface area contributed by atoms with Gasteiger partial charge in [0, 0.05) is 25.9 Å². The van der Waals surface area contributed by atoms with Gasteiger partial charge in [0.15, 0.2) is 5.82 Å². The highest BCUT2D eigenvalue weighted by atomic mass is 32.2. The summed E-state index contributed by atoms with van der Waals surface area (Å²) in [6.07, 6.45) is 2.74. The van der Waals surface area contributed by atoms with Crippen LogP contribution in [0, 0.1) is 40.0 Å². The number of aryl methyl sites for hydroxylation is 3. The largest absolute Gasteiger partial charge is 0.340 e. The first kappa shape index (κ1) is 18.6. The van der Waals surface area contributed by atoms with E-state index in [-0.39, 0.29) is 5.41 Å². The number of aromatic nitrogens is 2. The topological polar surface area (TPSA) is 76.3 Å². The predicted octanol–water partition coefficient (Wildman–Crippen LogP) is 3.57. The molecule has 1 unspecified atom stereocenters. The lowest BCUT2D eigenvalue weighted by molar-refractivity contribution is 0.249. The molecular formula is C20H27N3O3S. The molecule has 146 valence electrons. The number of sulfonamides is 1. The van der Waals surface area contributed by atoms with Gasteiger partial charge in [-0.25, -0.2) is 8.42 Å². The van der Waals surface area contributed by atoms with Gasteiger partial charge in [0.05, 0.1) is 4.90 Å². The van der Waals surface area contributed by atoms with Crippen LogP contribution in [0.2, 0.25) is 0 Å². The third-order valence-electron chi connectivity index (χ3n) is 6.66. The third kappa shape index (κ3) is 2.91. The third-order valence-corrected chi connectivity index (χ3v) is 8.83. The van der Waals surface area contributed by atoms with Gasteiger partial charge < -0.3 is 4.52 Å². The van der Waals surface area contributed by atoms with Crippen LogP contribution < -0.4 is 0 Å². The Morgan fingerprint density at radius 3 is 2.19 bits per heavy atom. The lowest BCUT2D eigenvalue weighted by Crippen LogP contribution is -2.40. The van der Waals surface area contributed by atoms with Crippen LogP contribution in [0.3, 0.4) is 0 Å². The van der Waals surface area contributed by atoms with Crippen LogP contribution >= 0.6 is 0 Å². The summed E-state index contributed by atoms with van der Waals surface area (Å²) in [5, 5.41) is 4.07. The van der Waals surface area contributed by atoms with E-state index in [0.717, 1.165) is 47.3 Å². The van der Waals surface area contributed by atoms with E-state index >= 15 is 0 Å². The Balaban J connectivity index is 1.55. The van der Waals surface area contributed by atoms with Crippen LogP contribution in [-0.4, -0.2) is 36.0 Å². The van der Waals surface area contributed by atoms with E-state index in [1.165, 1.54) is 0 Å². The van der Waals surface area contributed by atoms with Crippen molar-refractivity contribution in [3.63, 3.8) is 0 Å². The normalized spacial score (nSPS) is 22.3. The first-order valence-electron chi connectivity index (χ1n) is 9.53. The van der Waals surface area contributed by atoms with Crippen LogP contribution in [0.5, 0.6) is 0 Å². The smallest absolute Gasteiger partial charge is 0.243 e. The second kappa shape index (κ2) is 6.14. The maximum absolute atomic E-state index is 13.4. The van der Waals surface area contributed by atoms with Gasteiger partial charge in [-0.2, -0.15) is 9.29 Å². The highest BCUT2D eigenvalue weighted by Crippen LogP contribution is 2.64. The van der Waals surface area contributed by atoms with E-state index in [9.17, 15) is 8.42 Å². The van der Waals surface area contributed by atoms with Gasteiger partial charge >= 0.3 is 0 Å². The average Bonchev–Trinajstić information content (AvgIpc) is 3.11. The molecular weight excluding hydrogens is 362 g/mol. The molecule has 2 aliphatic rings. The quantitative estimate of drug-likeness (QED) is 0.802. The Kier molecular flexibility index (Phi) is 4.23. The average molecular weight is 390 g/mol. The summed E-state index contributed by atoms with van der Waals surface area (Å²) in [5.74, 6) is 1.68. The van der Waals surface area contributed by atoms with E-state index in [1.54, 1.807) is 11.2 Å². The zero-order chi connectivity index (χ0) is 19.6. The Morgan fingerprint density at radius 2 is 1.67 bits per heavy atom. The molecule has 27 heavy (non-hydrogen) atoms. The molecule has 1 spiro atoms. The van der Waals surface area contributed by atoms with Crippen LogP contribution in [-0.2, 0) is 10.0 Å². The number of nitrogens with zero attached hydrogens (tertiary/aromatic N) is 3. The summed E-state index contributed by atoms with van der Waals surface area (Å²) in [5.41, 5.74) is 3.93. The van der Waals surface area contributed by atoms with Crippen LogP contribution in [0.4, 0.5) is 0 Å². The monoisotopic (exact) mass is 389 g/mol. The molecule has 0 radical (unpaired) electrons. The molecule has 7 heteroatoms. The van der Waals surface area contributed by atoms with Crippen LogP contribution in [0.15, 0.2) is 15.5 Å². The molecule has 1 aliphatic carbocycles. The summed E-state index contributed by atoms with van der Waals surface area (Å²) >= 11 is 0. The Morgan fingerprint density at radius 1 is 1.07 bits per heavy atom. The molecule has 1 atom stereocenters. The van der Waals surface area contributed by atoms with Crippen LogP contribution in [0.1, 0.15) is 59.1 Å².